The normalized spacial score (nSPS) is 22.3. The summed E-state index contributed by atoms with van der Waals surface area (Å²) in [4.78, 5) is 24.0. The second kappa shape index (κ2) is 4.81. The van der Waals surface area contributed by atoms with Gasteiger partial charge in [0.05, 0.1) is 6.10 Å². The Kier molecular flexibility index (Phi) is 3.38. The molecular formula is C12H15NO5. The molecule has 1 saturated carbocycles. The van der Waals surface area contributed by atoms with Gasteiger partial charge >= 0.3 is 5.97 Å². The number of amides is 1. The van der Waals surface area contributed by atoms with E-state index in [0.717, 1.165) is 0 Å². The summed E-state index contributed by atoms with van der Waals surface area (Å²) < 4.78 is 4.94. The van der Waals surface area contributed by atoms with Gasteiger partial charge in [0.25, 0.3) is 5.91 Å². The van der Waals surface area contributed by atoms with Crippen molar-refractivity contribution in [1.82, 2.24) is 4.90 Å². The van der Waals surface area contributed by atoms with E-state index < -0.39 is 5.97 Å². The molecule has 6 heteroatoms. The fourth-order valence-electron chi connectivity index (χ4n) is 2.08. The molecule has 98 valence electrons. The Morgan fingerprint density at radius 3 is 2.50 bits per heavy atom. The summed E-state index contributed by atoms with van der Waals surface area (Å²) in [6.45, 7) is 0.541. The predicted octanol–water partition coefficient (Wildman–Crippen LogP) is 0.821. The van der Waals surface area contributed by atoms with E-state index in [1.807, 2.05) is 0 Å². The van der Waals surface area contributed by atoms with Gasteiger partial charge in [-0.2, -0.15) is 0 Å². The Morgan fingerprint density at radius 2 is 2.00 bits per heavy atom. The summed E-state index contributed by atoms with van der Waals surface area (Å²) in [7, 11) is 1.63. The van der Waals surface area contributed by atoms with Crippen LogP contribution in [0.2, 0.25) is 0 Å². The van der Waals surface area contributed by atoms with E-state index in [1.165, 1.54) is 17.0 Å². The van der Waals surface area contributed by atoms with Gasteiger partial charge in [0.1, 0.15) is 0 Å². The summed E-state index contributed by atoms with van der Waals surface area (Å²) in [5.74, 6) is -1.45. The van der Waals surface area contributed by atoms with E-state index in [9.17, 15) is 9.59 Å². The number of rotatable bonds is 4. The lowest BCUT2D eigenvalue weighted by molar-refractivity contribution is 0.0257. The molecule has 0 aliphatic heterocycles. The van der Waals surface area contributed by atoms with Crippen LogP contribution >= 0.6 is 0 Å². The van der Waals surface area contributed by atoms with E-state index in [2.05, 4.69) is 0 Å². The number of carbonyl (C=O) groups is 2. The molecule has 18 heavy (non-hydrogen) atoms. The highest BCUT2D eigenvalue weighted by atomic mass is 16.4. The first kappa shape index (κ1) is 12.6. The van der Waals surface area contributed by atoms with Crippen LogP contribution < -0.4 is 0 Å². The van der Waals surface area contributed by atoms with Crippen LogP contribution in [0.4, 0.5) is 0 Å². The van der Waals surface area contributed by atoms with E-state index >= 15 is 0 Å². The maximum Gasteiger partial charge on any atom is 0.371 e. The van der Waals surface area contributed by atoms with Crippen LogP contribution in [0.3, 0.4) is 0 Å². The second-order valence-corrected chi connectivity index (χ2v) is 4.65. The smallest absolute Gasteiger partial charge is 0.371 e. The maximum absolute atomic E-state index is 11.9. The summed E-state index contributed by atoms with van der Waals surface area (Å²) in [5, 5.41) is 17.9. The number of aliphatic hydroxyl groups excluding tert-OH is 1. The van der Waals surface area contributed by atoms with Gasteiger partial charge in [0, 0.05) is 13.6 Å². The minimum absolute atomic E-state index is 0.0229. The third kappa shape index (κ3) is 2.53. The summed E-state index contributed by atoms with van der Waals surface area (Å²) >= 11 is 0. The first-order valence-corrected chi connectivity index (χ1v) is 5.74. The van der Waals surface area contributed by atoms with Crippen LogP contribution in [-0.2, 0) is 0 Å². The number of hydrogen-bond acceptors (Lipinski definition) is 4. The van der Waals surface area contributed by atoms with Gasteiger partial charge in [-0.05, 0) is 30.9 Å². The molecule has 1 aromatic heterocycles. The average Bonchev–Trinajstić information content (AvgIpc) is 2.75. The molecule has 6 nitrogen and oxygen atoms in total. The number of hydrogen-bond donors (Lipinski definition) is 2. The maximum atomic E-state index is 11.9. The Labute approximate surface area is 104 Å². The lowest BCUT2D eigenvalue weighted by Crippen LogP contribution is -2.39. The molecule has 2 rings (SSSR count). The SMILES string of the molecule is CN(CC1CC(O)C1)C(=O)c1ccc(C(=O)O)o1. The van der Waals surface area contributed by atoms with Gasteiger partial charge in [-0.25, -0.2) is 4.79 Å². The average molecular weight is 253 g/mol. The summed E-state index contributed by atoms with van der Waals surface area (Å²) in [6.07, 6.45) is 1.16. The highest BCUT2D eigenvalue weighted by Gasteiger charge is 2.30. The van der Waals surface area contributed by atoms with E-state index in [4.69, 9.17) is 14.6 Å². The quantitative estimate of drug-likeness (QED) is 0.829. The highest BCUT2D eigenvalue weighted by Crippen LogP contribution is 2.28. The first-order valence-electron chi connectivity index (χ1n) is 5.74. The number of carboxylic acids is 1. The zero-order valence-corrected chi connectivity index (χ0v) is 10.00. The van der Waals surface area contributed by atoms with Gasteiger partial charge in [0.2, 0.25) is 5.76 Å². The van der Waals surface area contributed by atoms with E-state index in [-0.39, 0.29) is 23.5 Å². The topological polar surface area (TPSA) is 91.0 Å². The zero-order chi connectivity index (χ0) is 13.3. The van der Waals surface area contributed by atoms with Gasteiger partial charge in [-0.15, -0.1) is 0 Å². The molecule has 0 saturated heterocycles. The van der Waals surface area contributed by atoms with Crippen LogP contribution in [-0.4, -0.2) is 46.7 Å². The second-order valence-electron chi connectivity index (χ2n) is 4.65. The fourth-order valence-corrected chi connectivity index (χ4v) is 2.08. The molecule has 1 aliphatic rings. The Balaban J connectivity index is 1.94. The molecule has 0 atom stereocenters. The van der Waals surface area contributed by atoms with Crippen molar-refractivity contribution in [2.24, 2.45) is 5.92 Å². The van der Waals surface area contributed by atoms with Crippen molar-refractivity contribution in [2.45, 2.75) is 18.9 Å². The van der Waals surface area contributed by atoms with Crippen molar-refractivity contribution in [3.63, 3.8) is 0 Å². The molecule has 1 aromatic rings. The molecular weight excluding hydrogens is 238 g/mol. The first-order chi connectivity index (χ1) is 8.47. The number of carbonyl (C=O) groups excluding carboxylic acids is 1. The highest BCUT2D eigenvalue weighted by molar-refractivity contribution is 5.93. The van der Waals surface area contributed by atoms with Crippen molar-refractivity contribution in [3.8, 4) is 0 Å². The molecule has 0 unspecified atom stereocenters. The number of nitrogens with zero attached hydrogens (tertiary/aromatic N) is 1. The van der Waals surface area contributed by atoms with Crippen LogP contribution in [0.5, 0.6) is 0 Å². The van der Waals surface area contributed by atoms with Crippen molar-refractivity contribution in [2.75, 3.05) is 13.6 Å². The Morgan fingerprint density at radius 1 is 1.39 bits per heavy atom. The predicted molar refractivity (Wildman–Crippen MR) is 61.4 cm³/mol. The van der Waals surface area contributed by atoms with Gasteiger partial charge in [-0.1, -0.05) is 0 Å². The molecule has 2 N–H and O–H groups in total. The monoisotopic (exact) mass is 253 g/mol. The van der Waals surface area contributed by atoms with Crippen LogP contribution in [0.25, 0.3) is 0 Å². The van der Waals surface area contributed by atoms with Crippen molar-refractivity contribution >= 4 is 11.9 Å². The third-order valence-corrected chi connectivity index (χ3v) is 3.12. The molecule has 1 heterocycles. The lowest BCUT2D eigenvalue weighted by Gasteiger charge is -2.34. The number of furan rings is 1. The molecule has 1 fully saturated rings. The summed E-state index contributed by atoms with van der Waals surface area (Å²) in [5.41, 5.74) is 0. The molecule has 0 spiro atoms. The van der Waals surface area contributed by atoms with Crippen LogP contribution in [0.1, 0.15) is 34.0 Å². The third-order valence-electron chi connectivity index (χ3n) is 3.12. The molecule has 0 radical (unpaired) electrons. The van der Waals surface area contributed by atoms with Crippen LogP contribution in [0, 0.1) is 5.92 Å². The standard InChI is InChI=1S/C12H15NO5/c1-13(6-7-4-8(14)5-7)11(15)9-2-3-10(18-9)12(16)17/h2-3,7-8,14H,4-6H2,1H3,(H,16,17). The van der Waals surface area contributed by atoms with Gasteiger partial charge < -0.3 is 19.5 Å². The number of carboxylic acid groups (broad SMARTS) is 1. The van der Waals surface area contributed by atoms with Crippen molar-refractivity contribution in [1.29, 1.82) is 0 Å². The van der Waals surface area contributed by atoms with Crippen LogP contribution in [0.15, 0.2) is 16.5 Å². The Bertz CT molecular complexity index is 461. The number of aromatic carboxylic acids is 1. The molecule has 0 bridgehead atoms. The zero-order valence-electron chi connectivity index (χ0n) is 10.00. The van der Waals surface area contributed by atoms with Crippen molar-refractivity contribution in [3.05, 3.63) is 23.7 Å². The fraction of sp³-hybridized carbons (Fsp3) is 0.500. The molecule has 1 amide bonds. The molecule has 1 aliphatic carbocycles. The van der Waals surface area contributed by atoms with E-state index in [0.29, 0.717) is 25.3 Å². The minimum Gasteiger partial charge on any atom is -0.475 e. The summed E-state index contributed by atoms with van der Waals surface area (Å²) in [6, 6.07) is 2.62. The van der Waals surface area contributed by atoms with Gasteiger partial charge in [-0.3, -0.25) is 4.79 Å². The Hall–Kier alpha value is -1.82. The number of aliphatic hydroxyl groups is 1. The van der Waals surface area contributed by atoms with E-state index in [1.54, 1.807) is 7.05 Å². The molecule has 0 aromatic carbocycles. The van der Waals surface area contributed by atoms with Crippen molar-refractivity contribution < 1.29 is 24.2 Å². The minimum atomic E-state index is -1.20. The lowest BCUT2D eigenvalue weighted by atomic mass is 9.82. The largest absolute Gasteiger partial charge is 0.475 e. The van der Waals surface area contributed by atoms with Gasteiger partial charge in [0.15, 0.2) is 5.76 Å².